The molecule has 4 nitrogen and oxygen atoms in total. The van der Waals surface area contributed by atoms with Gasteiger partial charge in [0.25, 0.3) is 0 Å². The summed E-state index contributed by atoms with van der Waals surface area (Å²) in [7, 11) is 1.99. The van der Waals surface area contributed by atoms with Crippen LogP contribution in [-0.2, 0) is 13.0 Å². The minimum atomic E-state index is 0.293. The fourth-order valence-electron chi connectivity index (χ4n) is 1.97. The number of rotatable bonds is 6. The minimum Gasteiger partial charge on any atom is -0.313 e. The second kappa shape index (κ2) is 6.11. The molecule has 2 aromatic rings. The van der Waals surface area contributed by atoms with Gasteiger partial charge in [-0.1, -0.05) is 6.92 Å². The lowest BCUT2D eigenvalue weighted by Gasteiger charge is -2.12. The van der Waals surface area contributed by atoms with Crippen LogP contribution < -0.4 is 5.32 Å². The molecule has 1 N–H and O–H groups in total. The zero-order chi connectivity index (χ0) is 13.0. The molecular weight excluding hydrogens is 244 g/mol. The van der Waals surface area contributed by atoms with Crippen LogP contribution in [0.5, 0.6) is 0 Å². The maximum atomic E-state index is 4.52. The van der Waals surface area contributed by atoms with E-state index in [0.29, 0.717) is 6.04 Å². The molecule has 1 atom stereocenters. The van der Waals surface area contributed by atoms with Crippen molar-refractivity contribution in [3.05, 3.63) is 34.0 Å². The molecule has 98 valence electrons. The third-order valence-electron chi connectivity index (χ3n) is 2.90. The van der Waals surface area contributed by atoms with Crippen molar-refractivity contribution in [3.8, 4) is 0 Å². The van der Waals surface area contributed by atoms with Gasteiger partial charge in [0.15, 0.2) is 0 Å². The van der Waals surface area contributed by atoms with E-state index in [-0.39, 0.29) is 0 Å². The van der Waals surface area contributed by atoms with Crippen LogP contribution in [0.1, 0.15) is 35.7 Å². The summed E-state index contributed by atoms with van der Waals surface area (Å²) in [4.78, 5) is 4.52. The summed E-state index contributed by atoms with van der Waals surface area (Å²) in [6.07, 6.45) is 6.12. The van der Waals surface area contributed by atoms with Gasteiger partial charge in [-0.3, -0.25) is 4.68 Å². The van der Waals surface area contributed by atoms with Gasteiger partial charge in [0, 0.05) is 41.8 Å². The summed E-state index contributed by atoms with van der Waals surface area (Å²) >= 11 is 1.73. The fourth-order valence-corrected chi connectivity index (χ4v) is 2.79. The zero-order valence-corrected chi connectivity index (χ0v) is 12.0. The smallest absolute Gasteiger partial charge is 0.0947 e. The van der Waals surface area contributed by atoms with Gasteiger partial charge in [0.1, 0.15) is 0 Å². The topological polar surface area (TPSA) is 42.7 Å². The molecule has 0 aliphatic rings. The average molecular weight is 264 g/mol. The highest BCUT2D eigenvalue weighted by atomic mass is 32.1. The van der Waals surface area contributed by atoms with E-state index in [1.165, 1.54) is 10.6 Å². The predicted molar refractivity (Wildman–Crippen MR) is 74.9 cm³/mol. The quantitative estimate of drug-likeness (QED) is 0.872. The number of hydrogen-bond acceptors (Lipinski definition) is 4. The van der Waals surface area contributed by atoms with E-state index in [2.05, 4.69) is 33.9 Å². The normalized spacial score (nSPS) is 12.8. The van der Waals surface area contributed by atoms with Crippen LogP contribution in [0.2, 0.25) is 0 Å². The number of thiazole rings is 1. The SMILES string of the molecule is CCCn1cc(C(Cc2nc(C)cs2)NC)cn1. The molecule has 18 heavy (non-hydrogen) atoms. The van der Waals surface area contributed by atoms with Crippen molar-refractivity contribution in [2.75, 3.05) is 7.05 Å². The second-order valence-corrected chi connectivity index (χ2v) is 5.41. The van der Waals surface area contributed by atoms with E-state index >= 15 is 0 Å². The number of likely N-dealkylation sites (N-methyl/N-ethyl adjacent to an activating group) is 1. The van der Waals surface area contributed by atoms with Crippen LogP contribution in [0.4, 0.5) is 0 Å². The molecule has 2 rings (SSSR count). The van der Waals surface area contributed by atoms with Gasteiger partial charge in [-0.2, -0.15) is 5.10 Å². The molecule has 0 aliphatic heterocycles. The molecule has 5 heteroatoms. The largest absolute Gasteiger partial charge is 0.313 e. The lowest BCUT2D eigenvalue weighted by Crippen LogP contribution is -2.18. The molecule has 1 unspecified atom stereocenters. The third kappa shape index (κ3) is 3.17. The molecule has 2 heterocycles. The van der Waals surface area contributed by atoms with Crippen molar-refractivity contribution in [1.29, 1.82) is 0 Å². The van der Waals surface area contributed by atoms with E-state index in [4.69, 9.17) is 0 Å². The fraction of sp³-hybridized carbons (Fsp3) is 0.538. The van der Waals surface area contributed by atoms with E-state index < -0.39 is 0 Å². The van der Waals surface area contributed by atoms with E-state index in [1.807, 2.05) is 24.9 Å². The first kappa shape index (κ1) is 13.2. The van der Waals surface area contributed by atoms with Crippen molar-refractivity contribution >= 4 is 11.3 Å². The van der Waals surface area contributed by atoms with Crippen LogP contribution in [0.15, 0.2) is 17.8 Å². The van der Waals surface area contributed by atoms with Crippen LogP contribution in [0, 0.1) is 6.92 Å². The summed E-state index contributed by atoms with van der Waals surface area (Å²) in [6.45, 7) is 5.18. The molecule has 0 spiro atoms. The predicted octanol–water partition coefficient (Wildman–Crippen LogP) is 2.56. The highest BCUT2D eigenvalue weighted by Gasteiger charge is 2.14. The van der Waals surface area contributed by atoms with Crippen molar-refractivity contribution in [2.24, 2.45) is 0 Å². The van der Waals surface area contributed by atoms with Crippen molar-refractivity contribution in [2.45, 2.75) is 39.3 Å². The van der Waals surface area contributed by atoms with E-state index in [1.54, 1.807) is 11.3 Å². The van der Waals surface area contributed by atoms with Crippen molar-refractivity contribution in [3.63, 3.8) is 0 Å². The molecule has 0 saturated carbocycles. The molecule has 0 fully saturated rings. The first-order chi connectivity index (χ1) is 8.72. The number of aryl methyl sites for hydroxylation is 2. The Kier molecular flexibility index (Phi) is 4.49. The lowest BCUT2D eigenvalue weighted by molar-refractivity contribution is 0.580. The molecule has 0 aromatic carbocycles. The molecule has 0 saturated heterocycles. The third-order valence-corrected chi connectivity index (χ3v) is 3.89. The van der Waals surface area contributed by atoms with Gasteiger partial charge in [0.2, 0.25) is 0 Å². The lowest BCUT2D eigenvalue weighted by atomic mass is 10.1. The van der Waals surface area contributed by atoms with Crippen LogP contribution in [-0.4, -0.2) is 21.8 Å². The average Bonchev–Trinajstić information content (AvgIpc) is 2.96. The van der Waals surface area contributed by atoms with Gasteiger partial charge in [-0.15, -0.1) is 11.3 Å². The number of nitrogens with one attached hydrogen (secondary N) is 1. The monoisotopic (exact) mass is 264 g/mol. The highest BCUT2D eigenvalue weighted by molar-refractivity contribution is 7.09. The van der Waals surface area contributed by atoms with Crippen LogP contribution in [0.3, 0.4) is 0 Å². The number of nitrogens with zero attached hydrogens (tertiary/aromatic N) is 3. The van der Waals surface area contributed by atoms with Gasteiger partial charge in [0.05, 0.1) is 11.2 Å². The second-order valence-electron chi connectivity index (χ2n) is 4.46. The Labute approximate surface area is 112 Å². The summed E-state index contributed by atoms with van der Waals surface area (Å²) in [6, 6.07) is 0.293. The van der Waals surface area contributed by atoms with Gasteiger partial charge in [-0.25, -0.2) is 4.98 Å². The van der Waals surface area contributed by atoms with Gasteiger partial charge < -0.3 is 5.32 Å². The molecule has 0 bridgehead atoms. The maximum Gasteiger partial charge on any atom is 0.0947 e. The Morgan fingerprint density at radius 2 is 2.33 bits per heavy atom. The summed E-state index contributed by atoms with van der Waals surface area (Å²) in [5.74, 6) is 0. The van der Waals surface area contributed by atoms with E-state index in [0.717, 1.165) is 25.1 Å². The number of hydrogen-bond donors (Lipinski definition) is 1. The summed E-state index contributed by atoms with van der Waals surface area (Å²) in [5, 5.41) is 11.0. The van der Waals surface area contributed by atoms with Gasteiger partial charge in [-0.05, 0) is 20.4 Å². The highest BCUT2D eigenvalue weighted by Crippen LogP contribution is 2.20. The van der Waals surface area contributed by atoms with E-state index in [9.17, 15) is 0 Å². The first-order valence-electron chi connectivity index (χ1n) is 6.33. The van der Waals surface area contributed by atoms with Crippen LogP contribution in [0.25, 0.3) is 0 Å². The molecule has 0 radical (unpaired) electrons. The van der Waals surface area contributed by atoms with Crippen LogP contribution >= 0.6 is 11.3 Å². The Morgan fingerprint density at radius 3 is 2.94 bits per heavy atom. The maximum absolute atomic E-state index is 4.52. The standard InChI is InChI=1S/C13H20N4S/c1-4-5-17-8-11(7-15-17)12(14-3)6-13-16-10(2)9-18-13/h7-9,12,14H,4-6H2,1-3H3. The number of aromatic nitrogens is 3. The molecule has 0 aliphatic carbocycles. The minimum absolute atomic E-state index is 0.293. The molecule has 2 aromatic heterocycles. The molecule has 0 amide bonds. The zero-order valence-electron chi connectivity index (χ0n) is 11.2. The van der Waals surface area contributed by atoms with Gasteiger partial charge >= 0.3 is 0 Å². The Morgan fingerprint density at radius 1 is 1.50 bits per heavy atom. The Balaban J connectivity index is 2.07. The van der Waals surface area contributed by atoms with Crippen molar-refractivity contribution < 1.29 is 0 Å². The molecular formula is C13H20N4S. The summed E-state index contributed by atoms with van der Waals surface area (Å²) < 4.78 is 2.01. The van der Waals surface area contributed by atoms with Crippen molar-refractivity contribution in [1.82, 2.24) is 20.1 Å². The summed E-state index contributed by atoms with van der Waals surface area (Å²) in [5.41, 5.74) is 2.34. The first-order valence-corrected chi connectivity index (χ1v) is 7.21. The Bertz CT molecular complexity index is 489. The Hall–Kier alpha value is -1.20.